The highest BCUT2D eigenvalue weighted by atomic mass is 28.3. The summed E-state index contributed by atoms with van der Waals surface area (Å²) in [5.41, 5.74) is 5.46. The van der Waals surface area contributed by atoms with Gasteiger partial charge >= 0.3 is 0 Å². The molecule has 10 heteroatoms. The Morgan fingerprint density at radius 2 is 0.891 bits per heavy atom. The number of fused-ring (bicyclic) bond motifs is 4. The van der Waals surface area contributed by atoms with Gasteiger partial charge in [-0.15, -0.1) is 0 Å². The summed E-state index contributed by atoms with van der Waals surface area (Å²) < 4.78 is 6.23. The van der Waals surface area contributed by atoms with E-state index in [0.717, 1.165) is 59.4 Å². The van der Waals surface area contributed by atoms with Crippen LogP contribution >= 0.6 is 0 Å². The minimum Gasteiger partial charge on any atom is -0.505 e. The summed E-state index contributed by atoms with van der Waals surface area (Å²) in [6, 6.07) is 57.0. The molecule has 1 heterocycles. The smallest absolute Gasteiger partial charge is 0.205 e. The van der Waals surface area contributed by atoms with E-state index in [2.05, 4.69) is 36.4 Å². The molecule has 0 saturated carbocycles. The van der Waals surface area contributed by atoms with Crippen LogP contribution in [0.4, 0.5) is 17.1 Å². The lowest BCUT2D eigenvalue weighted by atomic mass is 9.95. The second-order valence-corrected chi connectivity index (χ2v) is 19.8. The topological polar surface area (TPSA) is 158 Å². The summed E-state index contributed by atoms with van der Waals surface area (Å²) in [5, 5.41) is 84.0. The van der Waals surface area contributed by atoms with E-state index in [0.29, 0.717) is 16.9 Å². The van der Waals surface area contributed by atoms with Gasteiger partial charge in [-0.05, 0) is 99.3 Å². The zero-order valence-electron chi connectivity index (χ0n) is 34.7. The minimum absolute atomic E-state index is 0.353. The number of para-hydroxylation sites is 1. The van der Waals surface area contributed by atoms with Crippen molar-refractivity contribution in [3.8, 4) is 51.4 Å². The van der Waals surface area contributed by atoms with Gasteiger partial charge in [-0.2, -0.15) is 0 Å². The lowest BCUT2D eigenvalue weighted by Gasteiger charge is -2.35. The molecular formula is C54H41NO8Si. The number of phenolic OH excluding ortho intramolecular Hbond substituents is 7. The van der Waals surface area contributed by atoms with Crippen LogP contribution in [0, 0.1) is 13.8 Å². The molecular weight excluding hydrogens is 819 g/mol. The second kappa shape index (κ2) is 15.2. The van der Waals surface area contributed by atoms with Crippen molar-refractivity contribution >= 4 is 78.6 Å². The number of hydrogen-bond acceptors (Lipinski definition) is 9. The van der Waals surface area contributed by atoms with Gasteiger partial charge in [0.1, 0.15) is 16.9 Å². The summed E-state index contributed by atoms with van der Waals surface area (Å²) in [6.07, 6.45) is 0. The zero-order chi connectivity index (χ0) is 44.4. The molecule has 0 aliphatic carbocycles. The van der Waals surface area contributed by atoms with Gasteiger partial charge in [0.25, 0.3) is 0 Å². The van der Waals surface area contributed by atoms with E-state index in [-0.39, 0.29) is 5.69 Å². The van der Waals surface area contributed by atoms with Gasteiger partial charge in [-0.1, -0.05) is 127 Å². The lowest BCUT2D eigenvalue weighted by Crippen LogP contribution is -2.74. The first-order valence-corrected chi connectivity index (χ1v) is 22.7. The number of phenols is 7. The predicted molar refractivity (Wildman–Crippen MR) is 256 cm³/mol. The maximum absolute atomic E-state index is 12.2. The third kappa shape index (κ3) is 5.99. The molecule has 0 amide bonds. The van der Waals surface area contributed by atoms with E-state index in [4.69, 9.17) is 4.42 Å². The minimum atomic E-state index is -2.98. The fraction of sp³-hybridized carbons (Fsp3) is 0.0370. The molecule has 64 heavy (non-hydrogen) atoms. The molecule has 0 aliphatic rings. The van der Waals surface area contributed by atoms with E-state index in [9.17, 15) is 35.7 Å². The second-order valence-electron chi connectivity index (χ2n) is 16.0. The largest absolute Gasteiger partial charge is 0.505 e. The van der Waals surface area contributed by atoms with E-state index < -0.39 is 59.1 Å². The van der Waals surface area contributed by atoms with Crippen molar-refractivity contribution in [2.45, 2.75) is 13.8 Å². The van der Waals surface area contributed by atoms with Crippen LogP contribution in [0.15, 0.2) is 174 Å². The molecule has 0 radical (unpaired) electrons. The SMILES string of the molecule is Cc1cc(N(c2ccc([Si](c3ccccc3)(c3ccccc3)c3ccccc3)cc2)c2c(O)c(O)c3c(O)c(O)c(O)c(O)c3c2O)c(C)cc1-c1ccc2c(c1)oc1ccccc12. The first-order chi connectivity index (χ1) is 31.0. The van der Waals surface area contributed by atoms with E-state index in [1.54, 1.807) is 4.90 Å². The van der Waals surface area contributed by atoms with E-state index >= 15 is 0 Å². The van der Waals surface area contributed by atoms with Crippen LogP contribution in [0.25, 0.3) is 43.8 Å². The van der Waals surface area contributed by atoms with Gasteiger partial charge < -0.3 is 45.1 Å². The fourth-order valence-corrected chi connectivity index (χ4v) is 14.1. The predicted octanol–water partition coefficient (Wildman–Crippen LogP) is 9.81. The molecule has 314 valence electrons. The van der Waals surface area contributed by atoms with Crippen LogP contribution < -0.4 is 25.6 Å². The van der Waals surface area contributed by atoms with Crippen LogP contribution in [-0.2, 0) is 0 Å². The van der Waals surface area contributed by atoms with Gasteiger partial charge in [0.2, 0.25) is 11.5 Å². The van der Waals surface area contributed by atoms with Gasteiger partial charge in [0.15, 0.2) is 36.8 Å². The molecule has 0 saturated heterocycles. The van der Waals surface area contributed by atoms with Crippen LogP contribution in [0.2, 0.25) is 0 Å². The van der Waals surface area contributed by atoms with Crippen molar-refractivity contribution < 1.29 is 40.2 Å². The Morgan fingerprint density at radius 1 is 0.406 bits per heavy atom. The summed E-state index contributed by atoms with van der Waals surface area (Å²) in [6.45, 7) is 3.84. The maximum atomic E-state index is 12.2. The summed E-state index contributed by atoms with van der Waals surface area (Å²) in [4.78, 5) is 1.57. The molecule has 0 fully saturated rings. The molecule has 0 spiro atoms. The molecule has 10 rings (SSSR count). The van der Waals surface area contributed by atoms with Gasteiger partial charge in [-0.3, -0.25) is 0 Å². The van der Waals surface area contributed by atoms with E-state index in [1.165, 1.54) is 0 Å². The molecule has 0 atom stereocenters. The first kappa shape index (κ1) is 39.8. The van der Waals surface area contributed by atoms with Crippen LogP contribution in [0.1, 0.15) is 11.1 Å². The number of furan rings is 1. The van der Waals surface area contributed by atoms with Crippen molar-refractivity contribution in [1.82, 2.24) is 0 Å². The lowest BCUT2D eigenvalue weighted by molar-refractivity contribution is 0.347. The number of rotatable bonds is 8. The fourth-order valence-electron chi connectivity index (χ4n) is 9.39. The van der Waals surface area contributed by atoms with E-state index in [1.807, 2.05) is 147 Å². The highest BCUT2D eigenvalue weighted by molar-refractivity contribution is 7.19. The highest BCUT2D eigenvalue weighted by Crippen LogP contribution is 2.61. The molecule has 9 aromatic carbocycles. The number of aromatic hydroxyl groups is 7. The normalized spacial score (nSPS) is 11.7. The summed E-state index contributed by atoms with van der Waals surface area (Å²) in [7, 11) is -2.98. The Bertz CT molecular complexity index is 3330. The van der Waals surface area contributed by atoms with Crippen LogP contribution in [0.3, 0.4) is 0 Å². The van der Waals surface area contributed by atoms with Crippen molar-refractivity contribution in [1.29, 1.82) is 0 Å². The molecule has 10 aromatic rings. The van der Waals surface area contributed by atoms with Crippen molar-refractivity contribution in [3.05, 3.63) is 181 Å². The number of nitrogens with zero attached hydrogens (tertiary/aromatic N) is 1. The Morgan fingerprint density at radius 3 is 1.47 bits per heavy atom. The van der Waals surface area contributed by atoms with Gasteiger partial charge in [-0.25, -0.2) is 0 Å². The van der Waals surface area contributed by atoms with Crippen LogP contribution in [-0.4, -0.2) is 43.8 Å². The van der Waals surface area contributed by atoms with Gasteiger partial charge in [0.05, 0.1) is 10.8 Å². The Labute approximate surface area is 368 Å². The molecule has 7 N–H and O–H groups in total. The maximum Gasteiger partial charge on any atom is 0.205 e. The van der Waals surface area contributed by atoms with Crippen molar-refractivity contribution in [3.63, 3.8) is 0 Å². The molecule has 0 aliphatic heterocycles. The van der Waals surface area contributed by atoms with Crippen molar-refractivity contribution in [2.24, 2.45) is 0 Å². The molecule has 1 aromatic heterocycles. The number of benzene rings is 9. The Hall–Kier alpha value is -8.34. The third-order valence-electron chi connectivity index (χ3n) is 12.4. The monoisotopic (exact) mass is 859 g/mol. The van der Waals surface area contributed by atoms with Crippen molar-refractivity contribution in [2.75, 3.05) is 4.90 Å². The van der Waals surface area contributed by atoms with Crippen LogP contribution in [0.5, 0.6) is 40.2 Å². The molecule has 9 nitrogen and oxygen atoms in total. The summed E-state index contributed by atoms with van der Waals surface area (Å²) in [5.74, 6) is -6.89. The van der Waals surface area contributed by atoms with Gasteiger partial charge in [0, 0.05) is 22.1 Å². The zero-order valence-corrected chi connectivity index (χ0v) is 35.7. The molecule has 0 unspecified atom stereocenters. The summed E-state index contributed by atoms with van der Waals surface area (Å²) >= 11 is 0. The highest BCUT2D eigenvalue weighted by Gasteiger charge is 2.41. The molecule has 0 bridgehead atoms. The number of anilines is 3. The average Bonchev–Trinajstić information content (AvgIpc) is 3.70. The quantitative estimate of drug-likeness (QED) is 0.0342. The first-order valence-electron chi connectivity index (χ1n) is 20.7. The standard InChI is InChI=1S/C54H41NO8Si/c1-31-29-42(32(2)28-41(31)33-22-27-40-39-20-12-13-21-43(39)63-44(40)30-33)55(47-48(56)45-46(49(57)52(47)60)51(59)54(62)53(61)50(45)58)34-23-25-38(26-24-34)64(35-14-6-3-7-15-35,36-16-8-4-9-17-36)37-18-10-5-11-19-37/h3-30,56-62H,1-2H3. The number of aryl methyl sites for hydroxylation is 2. The number of hydrogen-bond donors (Lipinski definition) is 7. The Kier molecular flexibility index (Phi) is 9.46. The average molecular weight is 860 g/mol. The Balaban J connectivity index is 1.21. The third-order valence-corrected chi connectivity index (χ3v) is 17.2.